The Bertz CT molecular complexity index is 74.5. The van der Waals surface area contributed by atoms with E-state index in [1.807, 2.05) is 0 Å². The molecule has 0 aromatic carbocycles. The fourth-order valence-electron chi connectivity index (χ4n) is 0.737. The molecule has 0 atom stereocenters. The van der Waals surface area contributed by atoms with E-state index in [0.717, 1.165) is 0 Å². The van der Waals surface area contributed by atoms with Crippen LogP contribution in [0.1, 0.15) is 6.42 Å². The molecule has 0 aromatic rings. The molecule has 0 unspecified atom stereocenters. The van der Waals surface area contributed by atoms with Crippen molar-refractivity contribution in [3.63, 3.8) is 0 Å². The van der Waals surface area contributed by atoms with E-state index in [1.165, 1.54) is 17.9 Å². The van der Waals surface area contributed by atoms with Crippen molar-refractivity contribution in [2.75, 3.05) is 11.5 Å². The topological polar surface area (TPSA) is 0 Å². The van der Waals surface area contributed by atoms with E-state index in [2.05, 4.69) is 25.6 Å². The summed E-state index contributed by atoms with van der Waals surface area (Å²) in [6, 6.07) is 0. The predicted molar refractivity (Wildman–Crippen MR) is 47.0 cm³/mol. The van der Waals surface area contributed by atoms with Crippen LogP contribution in [-0.2, 0) is 0 Å². The molecule has 0 nitrogen and oxygen atoms in total. The summed E-state index contributed by atoms with van der Waals surface area (Å²) in [5.74, 6) is 2.92. The predicted octanol–water partition coefficient (Wildman–Crippen LogP) is 2.56. The third kappa shape index (κ3) is 2.47. The van der Waals surface area contributed by atoms with Crippen LogP contribution < -0.4 is 0 Å². The van der Waals surface area contributed by atoms with Gasteiger partial charge in [0.15, 0.2) is 0 Å². The standard InChI is InChI=1S/C3H8S2.2CH3.Pb/c4-2-1-3-5;;;/h4-5H,1-3H2;2*1H3;/q;;;+2/p-2. The molecule has 48 valence electrons. The maximum atomic E-state index is 2.53. The van der Waals surface area contributed by atoms with Crippen LogP contribution in [0, 0.1) is 0 Å². The van der Waals surface area contributed by atoms with Crippen molar-refractivity contribution in [1.29, 1.82) is 0 Å². The number of hydrogen-bond acceptors (Lipinski definition) is 2. The summed E-state index contributed by atoms with van der Waals surface area (Å²) in [6.45, 7) is 0. The van der Waals surface area contributed by atoms with Crippen molar-refractivity contribution in [3.8, 4) is 0 Å². The van der Waals surface area contributed by atoms with Gasteiger partial charge in [-0.15, -0.1) is 0 Å². The quantitative estimate of drug-likeness (QED) is 0.620. The van der Waals surface area contributed by atoms with Gasteiger partial charge in [0.1, 0.15) is 0 Å². The molecule has 0 saturated carbocycles. The minimum absolute atomic E-state index is 1.46. The van der Waals surface area contributed by atoms with Gasteiger partial charge in [0, 0.05) is 0 Å². The summed E-state index contributed by atoms with van der Waals surface area (Å²) in [6.07, 6.45) is 1.46. The molecule has 1 aliphatic rings. The molecule has 0 amide bonds. The van der Waals surface area contributed by atoms with Gasteiger partial charge in [-0.05, 0) is 0 Å². The van der Waals surface area contributed by atoms with E-state index >= 15 is 0 Å². The molecule has 3 heteroatoms. The third-order valence-corrected chi connectivity index (χ3v) is 30.7. The van der Waals surface area contributed by atoms with E-state index < -0.39 is 18.2 Å². The van der Waals surface area contributed by atoms with Crippen LogP contribution in [0.4, 0.5) is 0 Å². The Kier molecular flexibility index (Phi) is 3.04. The van der Waals surface area contributed by atoms with Crippen LogP contribution in [0.15, 0.2) is 0 Å². The molecular formula is C5H12PbS2. The molecule has 0 bridgehead atoms. The van der Waals surface area contributed by atoms with E-state index in [0.29, 0.717) is 0 Å². The average Bonchev–Trinajstić information content (AvgIpc) is 1.65. The van der Waals surface area contributed by atoms with Crippen molar-refractivity contribution in [3.05, 3.63) is 0 Å². The van der Waals surface area contributed by atoms with Crippen molar-refractivity contribution in [1.82, 2.24) is 0 Å². The summed E-state index contributed by atoms with van der Waals surface area (Å²) >= 11 is -1.52. The molecule has 0 aliphatic carbocycles. The summed E-state index contributed by atoms with van der Waals surface area (Å²) in [7, 11) is 4.61. The SMILES string of the molecule is [CH3][Pb]1([CH3])[S]CCC[S]1. The second-order valence-electron chi connectivity index (χ2n) is 2.45. The molecule has 0 radical (unpaired) electrons. The van der Waals surface area contributed by atoms with Gasteiger partial charge in [0.05, 0.1) is 0 Å². The Hall–Kier alpha value is 1.62. The zero-order valence-corrected chi connectivity index (χ0v) is 11.0. The Balaban J connectivity index is 2.33. The number of hydrogen-bond donors (Lipinski definition) is 0. The molecule has 8 heavy (non-hydrogen) atoms. The molecule has 1 rings (SSSR count). The average molecular weight is 343 g/mol. The van der Waals surface area contributed by atoms with Crippen LogP contribution in [0.2, 0.25) is 8.97 Å². The van der Waals surface area contributed by atoms with Gasteiger partial charge >= 0.3 is 61.7 Å². The zero-order chi connectivity index (χ0) is 6.04. The Morgan fingerprint density at radius 2 is 1.62 bits per heavy atom. The Morgan fingerprint density at radius 3 is 1.88 bits per heavy atom. The van der Waals surface area contributed by atoms with Crippen molar-refractivity contribution < 1.29 is 0 Å². The van der Waals surface area contributed by atoms with Crippen LogP contribution in [0.3, 0.4) is 0 Å². The van der Waals surface area contributed by atoms with Crippen molar-refractivity contribution >= 4 is 34.8 Å². The monoisotopic (exact) mass is 344 g/mol. The van der Waals surface area contributed by atoms with Gasteiger partial charge in [-0.3, -0.25) is 0 Å². The van der Waals surface area contributed by atoms with E-state index in [9.17, 15) is 0 Å². The van der Waals surface area contributed by atoms with Crippen LogP contribution in [0.25, 0.3) is 0 Å². The fraction of sp³-hybridized carbons (Fsp3) is 1.00. The van der Waals surface area contributed by atoms with Crippen molar-refractivity contribution in [2.24, 2.45) is 0 Å². The Morgan fingerprint density at radius 1 is 1.12 bits per heavy atom. The second-order valence-corrected chi connectivity index (χ2v) is 41.6. The third-order valence-electron chi connectivity index (χ3n) is 1.19. The Labute approximate surface area is 61.2 Å². The first-order valence-electron chi connectivity index (χ1n) is 2.99. The molecule has 0 spiro atoms. The summed E-state index contributed by atoms with van der Waals surface area (Å²) in [5, 5.41) is 0. The summed E-state index contributed by atoms with van der Waals surface area (Å²) in [4.78, 5) is 0. The van der Waals surface area contributed by atoms with Gasteiger partial charge in [0.25, 0.3) is 0 Å². The molecule has 0 aromatic heterocycles. The maximum absolute atomic E-state index is 2.53. The van der Waals surface area contributed by atoms with Gasteiger partial charge in [-0.1, -0.05) is 0 Å². The van der Waals surface area contributed by atoms with Crippen LogP contribution >= 0.6 is 16.6 Å². The minimum atomic E-state index is -1.52. The molecule has 0 N–H and O–H groups in total. The van der Waals surface area contributed by atoms with Crippen molar-refractivity contribution in [2.45, 2.75) is 15.4 Å². The number of rotatable bonds is 0. The van der Waals surface area contributed by atoms with Crippen LogP contribution in [0.5, 0.6) is 0 Å². The van der Waals surface area contributed by atoms with Crippen LogP contribution in [-0.4, -0.2) is 29.7 Å². The first-order chi connectivity index (χ1) is 3.71. The van der Waals surface area contributed by atoms with E-state index in [-0.39, 0.29) is 0 Å². The summed E-state index contributed by atoms with van der Waals surface area (Å²) < 4.78 is 5.06. The zero-order valence-electron chi connectivity index (χ0n) is 5.44. The van der Waals surface area contributed by atoms with E-state index in [1.54, 1.807) is 0 Å². The first kappa shape index (κ1) is 7.73. The van der Waals surface area contributed by atoms with Gasteiger partial charge in [-0.2, -0.15) is 0 Å². The second kappa shape index (κ2) is 3.14. The molecular weight excluding hydrogens is 331 g/mol. The summed E-state index contributed by atoms with van der Waals surface area (Å²) in [5.41, 5.74) is 0. The van der Waals surface area contributed by atoms with Gasteiger partial charge in [0.2, 0.25) is 0 Å². The van der Waals surface area contributed by atoms with Gasteiger partial charge in [-0.25, -0.2) is 0 Å². The van der Waals surface area contributed by atoms with E-state index in [4.69, 9.17) is 0 Å². The molecule has 1 heterocycles. The molecule has 1 aliphatic heterocycles. The first-order valence-corrected chi connectivity index (χ1v) is 22.3. The molecule has 1 saturated heterocycles. The van der Waals surface area contributed by atoms with Gasteiger partial charge < -0.3 is 0 Å². The molecule has 1 fully saturated rings. The fourth-order valence-corrected chi connectivity index (χ4v) is 24.9. The normalized spacial score (nSPS) is 27.8.